The Morgan fingerprint density at radius 2 is 0.527 bits per heavy atom. The van der Waals surface area contributed by atoms with E-state index in [4.69, 9.17) is 37.0 Å². The van der Waals surface area contributed by atoms with Crippen LogP contribution in [0.15, 0.2) is 0 Å². The molecular weight excluding hydrogens is 1200 g/mol. The lowest BCUT2D eigenvalue weighted by Gasteiger charge is -2.21. The minimum atomic E-state index is -4.95. The topological polar surface area (TPSA) is 237 Å². The van der Waals surface area contributed by atoms with Crippen LogP contribution in [0.3, 0.4) is 0 Å². The summed E-state index contributed by atoms with van der Waals surface area (Å²) in [6.07, 6.45) is 44.6. The summed E-state index contributed by atoms with van der Waals surface area (Å²) in [5, 5.41) is 10.6. The third-order valence-electron chi connectivity index (χ3n) is 17.3. The van der Waals surface area contributed by atoms with E-state index in [1.54, 1.807) is 0 Å². The highest BCUT2D eigenvalue weighted by atomic mass is 31.2. The minimum absolute atomic E-state index is 0.102. The number of hydrogen-bond acceptors (Lipinski definition) is 15. The number of ether oxygens (including phenoxy) is 4. The molecule has 0 amide bonds. The van der Waals surface area contributed by atoms with Crippen LogP contribution in [0.5, 0.6) is 0 Å². The smallest absolute Gasteiger partial charge is 0.462 e. The average molecular weight is 1340 g/mol. The van der Waals surface area contributed by atoms with Gasteiger partial charge in [-0.1, -0.05) is 306 Å². The summed E-state index contributed by atoms with van der Waals surface area (Å²) in [7, 11) is -9.90. The maximum absolute atomic E-state index is 13.0. The fraction of sp³-hybridized carbons (Fsp3) is 0.944. The van der Waals surface area contributed by atoms with Crippen LogP contribution in [-0.2, 0) is 65.4 Å². The van der Waals surface area contributed by atoms with E-state index in [1.165, 1.54) is 154 Å². The molecule has 0 rings (SSSR count). The number of hydrogen-bond donors (Lipinski definition) is 3. The summed E-state index contributed by atoms with van der Waals surface area (Å²) in [6, 6.07) is 0. The van der Waals surface area contributed by atoms with E-state index >= 15 is 0 Å². The molecule has 0 aliphatic carbocycles. The Balaban J connectivity index is 5.18. The van der Waals surface area contributed by atoms with Crippen molar-refractivity contribution in [2.24, 2.45) is 23.7 Å². The molecule has 0 heterocycles. The normalized spacial score (nSPS) is 14.8. The molecule has 7 atom stereocenters. The molecule has 0 aliphatic rings. The van der Waals surface area contributed by atoms with Crippen LogP contribution in [0.25, 0.3) is 0 Å². The molecule has 3 N–H and O–H groups in total. The number of rotatable bonds is 69. The van der Waals surface area contributed by atoms with Crippen molar-refractivity contribution >= 4 is 39.5 Å². The Hall–Kier alpha value is -1.94. The first-order chi connectivity index (χ1) is 43.7. The van der Waals surface area contributed by atoms with Gasteiger partial charge in [-0.15, -0.1) is 0 Å². The van der Waals surface area contributed by atoms with E-state index in [9.17, 15) is 43.2 Å². The highest BCUT2D eigenvalue weighted by Gasteiger charge is 2.30. The van der Waals surface area contributed by atoms with Gasteiger partial charge in [0.25, 0.3) is 0 Å². The van der Waals surface area contributed by atoms with Gasteiger partial charge in [-0.2, -0.15) is 0 Å². The number of phosphoric ester groups is 2. The molecule has 0 spiro atoms. The maximum Gasteiger partial charge on any atom is 0.472 e. The Bertz CT molecular complexity index is 1800. The molecule has 0 radical (unpaired) electrons. The van der Waals surface area contributed by atoms with Gasteiger partial charge in [0, 0.05) is 25.7 Å². The van der Waals surface area contributed by atoms with E-state index < -0.39 is 97.5 Å². The van der Waals surface area contributed by atoms with Gasteiger partial charge in [0.05, 0.1) is 26.4 Å². The highest BCUT2D eigenvalue weighted by molar-refractivity contribution is 7.47. The number of aliphatic hydroxyl groups excluding tert-OH is 1. The summed E-state index contributed by atoms with van der Waals surface area (Å²) in [5.41, 5.74) is 0. The van der Waals surface area contributed by atoms with Crippen molar-refractivity contribution in [3.8, 4) is 0 Å². The van der Waals surface area contributed by atoms with Crippen molar-refractivity contribution < 1.29 is 80.2 Å². The zero-order valence-electron chi connectivity index (χ0n) is 59.5. The summed E-state index contributed by atoms with van der Waals surface area (Å²) in [4.78, 5) is 72.6. The van der Waals surface area contributed by atoms with Crippen molar-refractivity contribution in [2.45, 2.75) is 375 Å². The number of carbonyl (C=O) groups excluding carboxylic acids is 4. The Morgan fingerprint density at radius 3 is 0.780 bits per heavy atom. The molecule has 91 heavy (non-hydrogen) atoms. The van der Waals surface area contributed by atoms with Crippen molar-refractivity contribution in [3.63, 3.8) is 0 Å². The van der Waals surface area contributed by atoms with Crippen LogP contribution in [-0.4, -0.2) is 96.7 Å². The molecule has 4 unspecified atom stereocenters. The van der Waals surface area contributed by atoms with Gasteiger partial charge in [-0.05, 0) is 49.4 Å². The SMILES string of the molecule is CCC(C)CCCCCCCCCCCCC(=O)O[C@H](COC(=O)CCCCCCCCC(C)CC)COP(=O)(O)OC[C@H](O)COP(=O)(O)OC[C@@H](COC(=O)CCCCCCCCCCCCCCCCCC(C)C)OC(=O)CCCCCCCCC(C)C. The van der Waals surface area contributed by atoms with E-state index in [0.717, 1.165) is 114 Å². The molecule has 19 heteroatoms. The zero-order valence-corrected chi connectivity index (χ0v) is 61.3. The predicted molar refractivity (Wildman–Crippen MR) is 367 cm³/mol. The molecule has 540 valence electrons. The lowest BCUT2D eigenvalue weighted by molar-refractivity contribution is -0.161. The number of carbonyl (C=O) groups is 4. The number of unbranched alkanes of at least 4 members (excludes halogenated alkanes) is 33. The summed E-state index contributed by atoms with van der Waals surface area (Å²) in [6.45, 7) is 14.1. The first kappa shape index (κ1) is 89.1. The largest absolute Gasteiger partial charge is 0.472 e. The van der Waals surface area contributed by atoms with Crippen LogP contribution >= 0.6 is 15.6 Å². The Labute approximate surface area is 556 Å². The van der Waals surface area contributed by atoms with Crippen LogP contribution < -0.4 is 0 Å². The van der Waals surface area contributed by atoms with E-state index in [1.807, 2.05) is 0 Å². The van der Waals surface area contributed by atoms with Gasteiger partial charge < -0.3 is 33.8 Å². The second-order valence-corrected chi connectivity index (χ2v) is 30.3. The van der Waals surface area contributed by atoms with E-state index in [2.05, 4.69) is 55.4 Å². The van der Waals surface area contributed by atoms with Gasteiger partial charge >= 0.3 is 39.5 Å². The zero-order chi connectivity index (χ0) is 67.5. The molecule has 0 aromatic heterocycles. The van der Waals surface area contributed by atoms with E-state index in [-0.39, 0.29) is 25.7 Å². The van der Waals surface area contributed by atoms with Crippen LogP contribution in [0.2, 0.25) is 0 Å². The standard InChI is InChI=1S/C72H140O17P2/c1-9-64(7)50-42-34-25-21-18-19-23-27-38-46-54-71(76)88-67(59-83-70(75)53-45-37-31-29-35-43-51-65(8)10-2)60-86-90(78,79)84-56-66(73)57-85-91(80,81)87-61-68(89-72(77)55-47-39-30-28-33-41-49-63(5)6)58-82-69(74)52-44-36-26-22-17-15-13-11-12-14-16-20-24-32-40-48-62(3)4/h62-68,73H,9-61H2,1-8H3,(H,78,79)(H,80,81)/t64?,65?,66-,67+,68+/m0/s1. The summed E-state index contributed by atoms with van der Waals surface area (Å²) >= 11 is 0. The van der Waals surface area contributed by atoms with Crippen molar-refractivity contribution in [2.75, 3.05) is 39.6 Å². The number of esters is 4. The third-order valence-corrected chi connectivity index (χ3v) is 19.2. The fourth-order valence-electron chi connectivity index (χ4n) is 10.8. The van der Waals surface area contributed by atoms with Crippen LogP contribution in [0, 0.1) is 23.7 Å². The van der Waals surface area contributed by atoms with Crippen molar-refractivity contribution in [1.29, 1.82) is 0 Å². The molecule has 0 aromatic carbocycles. The molecule has 0 fully saturated rings. The van der Waals surface area contributed by atoms with Gasteiger partial charge in [0.2, 0.25) is 0 Å². The maximum atomic E-state index is 13.0. The molecule has 0 aliphatic heterocycles. The summed E-state index contributed by atoms with van der Waals surface area (Å²) in [5.74, 6) is 0.877. The molecule has 0 saturated carbocycles. The first-order valence-electron chi connectivity index (χ1n) is 37.3. The van der Waals surface area contributed by atoms with Gasteiger partial charge in [-0.25, -0.2) is 9.13 Å². The number of phosphoric acid groups is 2. The summed E-state index contributed by atoms with van der Waals surface area (Å²) < 4.78 is 68.3. The second-order valence-electron chi connectivity index (χ2n) is 27.4. The van der Waals surface area contributed by atoms with Gasteiger partial charge in [0.1, 0.15) is 19.3 Å². The van der Waals surface area contributed by atoms with Gasteiger partial charge in [0.15, 0.2) is 12.2 Å². The van der Waals surface area contributed by atoms with Crippen LogP contribution in [0.4, 0.5) is 0 Å². The highest BCUT2D eigenvalue weighted by Crippen LogP contribution is 2.45. The van der Waals surface area contributed by atoms with Crippen molar-refractivity contribution in [3.05, 3.63) is 0 Å². The average Bonchev–Trinajstić information content (AvgIpc) is 3.32. The molecule has 0 bridgehead atoms. The quantitative estimate of drug-likeness (QED) is 0.0222. The Morgan fingerprint density at radius 1 is 0.308 bits per heavy atom. The fourth-order valence-corrected chi connectivity index (χ4v) is 12.4. The van der Waals surface area contributed by atoms with Crippen molar-refractivity contribution in [1.82, 2.24) is 0 Å². The lowest BCUT2D eigenvalue weighted by Crippen LogP contribution is -2.30. The molecule has 0 saturated heterocycles. The third kappa shape index (κ3) is 63.9. The molecule has 17 nitrogen and oxygen atoms in total. The number of aliphatic hydroxyl groups is 1. The van der Waals surface area contributed by atoms with Gasteiger partial charge in [-0.3, -0.25) is 37.3 Å². The molecule has 0 aromatic rings. The minimum Gasteiger partial charge on any atom is -0.462 e. The lowest BCUT2D eigenvalue weighted by atomic mass is 9.99. The Kier molecular flexibility index (Phi) is 60.3. The second kappa shape index (κ2) is 61.6. The molecular formula is C72H140O17P2. The predicted octanol–water partition coefficient (Wildman–Crippen LogP) is 20.5. The van der Waals surface area contributed by atoms with Crippen LogP contribution in [0.1, 0.15) is 357 Å². The van der Waals surface area contributed by atoms with E-state index in [0.29, 0.717) is 31.6 Å². The first-order valence-corrected chi connectivity index (χ1v) is 40.3. The monoisotopic (exact) mass is 1340 g/mol.